The Morgan fingerprint density at radius 2 is 2.23 bits per heavy atom. The number of fused-ring (bicyclic) bond motifs is 6. The smallest absolute Gasteiger partial charge is 0.319 e. The molecule has 0 aromatic heterocycles. The standard InChI is InChI=1S/C18H28N2O2/c1-22-17(21)12-20-8-4-5-13-9-14-10-15(18(13)20)11-19-7-3-2-6-16(14)19/h9,14-16,18H,2-8,10-12H2,1H3/t14-,15+,16+,18+/m0/s1. The van der Waals surface area contributed by atoms with Gasteiger partial charge in [-0.2, -0.15) is 0 Å². The van der Waals surface area contributed by atoms with Crippen molar-refractivity contribution in [1.82, 2.24) is 9.80 Å². The number of methoxy groups -OCH3 is 1. The zero-order valence-electron chi connectivity index (χ0n) is 13.7. The third-order valence-corrected chi connectivity index (χ3v) is 6.32. The first kappa shape index (κ1) is 14.7. The second-order valence-corrected chi connectivity index (χ2v) is 7.55. The van der Waals surface area contributed by atoms with Gasteiger partial charge in [0.1, 0.15) is 0 Å². The quantitative estimate of drug-likeness (QED) is 0.577. The van der Waals surface area contributed by atoms with Crippen LogP contribution in [0.1, 0.15) is 38.5 Å². The van der Waals surface area contributed by atoms with E-state index in [1.54, 1.807) is 5.57 Å². The van der Waals surface area contributed by atoms with E-state index in [0.29, 0.717) is 18.5 Å². The van der Waals surface area contributed by atoms with Crippen LogP contribution >= 0.6 is 0 Å². The Morgan fingerprint density at radius 3 is 3.09 bits per heavy atom. The van der Waals surface area contributed by atoms with Gasteiger partial charge in [-0.3, -0.25) is 14.6 Å². The SMILES string of the molecule is COC(=O)CN1CCCC2=C[C@H]3C[C@H](CN4CCCC[C@H]34)[C@@H]21. The summed E-state index contributed by atoms with van der Waals surface area (Å²) in [5.41, 5.74) is 1.63. The largest absolute Gasteiger partial charge is 0.468 e. The molecule has 22 heavy (non-hydrogen) atoms. The van der Waals surface area contributed by atoms with Gasteiger partial charge < -0.3 is 4.74 Å². The minimum atomic E-state index is -0.0879. The lowest BCUT2D eigenvalue weighted by molar-refractivity contribution is -0.143. The highest BCUT2D eigenvalue weighted by molar-refractivity contribution is 5.71. The van der Waals surface area contributed by atoms with Gasteiger partial charge in [0.05, 0.1) is 13.7 Å². The van der Waals surface area contributed by atoms with Crippen molar-refractivity contribution in [2.75, 3.05) is 33.3 Å². The summed E-state index contributed by atoms with van der Waals surface area (Å²) >= 11 is 0. The fourth-order valence-corrected chi connectivity index (χ4v) is 5.49. The number of hydrogen-bond acceptors (Lipinski definition) is 4. The van der Waals surface area contributed by atoms with Gasteiger partial charge in [-0.15, -0.1) is 0 Å². The summed E-state index contributed by atoms with van der Waals surface area (Å²) in [5, 5.41) is 0. The van der Waals surface area contributed by atoms with Crippen LogP contribution in [0.25, 0.3) is 0 Å². The van der Waals surface area contributed by atoms with Gasteiger partial charge in [0.2, 0.25) is 0 Å². The lowest BCUT2D eigenvalue weighted by atomic mass is 9.68. The van der Waals surface area contributed by atoms with E-state index in [1.165, 1.54) is 58.7 Å². The average molecular weight is 304 g/mol. The van der Waals surface area contributed by atoms with Crippen molar-refractivity contribution in [3.8, 4) is 0 Å². The van der Waals surface area contributed by atoms with Crippen LogP contribution < -0.4 is 0 Å². The number of nitrogens with zero attached hydrogens (tertiary/aromatic N) is 2. The van der Waals surface area contributed by atoms with E-state index in [1.807, 2.05) is 0 Å². The molecule has 2 bridgehead atoms. The average Bonchev–Trinajstić information content (AvgIpc) is 2.55. The van der Waals surface area contributed by atoms with Crippen LogP contribution in [0.4, 0.5) is 0 Å². The molecule has 4 heteroatoms. The number of carbonyl (C=O) groups is 1. The summed E-state index contributed by atoms with van der Waals surface area (Å²) in [6, 6.07) is 1.29. The third kappa shape index (κ3) is 2.50. The minimum Gasteiger partial charge on any atom is -0.468 e. The zero-order valence-corrected chi connectivity index (χ0v) is 13.7. The maximum atomic E-state index is 11.8. The van der Waals surface area contributed by atoms with E-state index in [0.717, 1.165) is 18.5 Å². The monoisotopic (exact) mass is 304 g/mol. The molecule has 4 nitrogen and oxygen atoms in total. The lowest BCUT2D eigenvalue weighted by Crippen LogP contribution is -2.59. The Bertz CT molecular complexity index is 476. The maximum absolute atomic E-state index is 11.8. The van der Waals surface area contributed by atoms with E-state index in [9.17, 15) is 4.79 Å². The fraction of sp³-hybridized carbons (Fsp3) is 0.833. The van der Waals surface area contributed by atoms with Crippen molar-refractivity contribution in [1.29, 1.82) is 0 Å². The highest BCUT2D eigenvalue weighted by Gasteiger charge is 2.46. The maximum Gasteiger partial charge on any atom is 0.319 e. The van der Waals surface area contributed by atoms with E-state index in [2.05, 4.69) is 15.9 Å². The summed E-state index contributed by atoms with van der Waals surface area (Å²) in [5.74, 6) is 1.39. The minimum absolute atomic E-state index is 0.0879. The highest BCUT2D eigenvalue weighted by atomic mass is 16.5. The predicted molar refractivity (Wildman–Crippen MR) is 85.5 cm³/mol. The molecule has 0 unspecified atom stereocenters. The van der Waals surface area contributed by atoms with Crippen molar-refractivity contribution >= 4 is 5.97 Å². The van der Waals surface area contributed by atoms with Crippen molar-refractivity contribution in [2.45, 2.75) is 50.6 Å². The van der Waals surface area contributed by atoms with Crippen LogP contribution in [0.5, 0.6) is 0 Å². The fourth-order valence-electron chi connectivity index (χ4n) is 5.49. The number of ether oxygens (including phenoxy) is 1. The van der Waals surface area contributed by atoms with Gasteiger partial charge in [0.25, 0.3) is 0 Å². The van der Waals surface area contributed by atoms with Crippen molar-refractivity contribution in [3.05, 3.63) is 11.6 Å². The molecular formula is C18H28N2O2. The molecule has 0 amide bonds. The molecule has 1 aliphatic carbocycles. The van der Waals surface area contributed by atoms with Crippen LogP contribution in [0, 0.1) is 11.8 Å². The second-order valence-electron chi connectivity index (χ2n) is 7.55. The normalized spacial score (nSPS) is 38.7. The van der Waals surface area contributed by atoms with Gasteiger partial charge in [0, 0.05) is 18.6 Å². The molecule has 4 rings (SSSR count). The molecule has 0 N–H and O–H groups in total. The summed E-state index contributed by atoms with van der Waals surface area (Å²) in [6.45, 7) is 4.02. The van der Waals surface area contributed by atoms with Gasteiger partial charge in [0.15, 0.2) is 0 Å². The lowest BCUT2D eigenvalue weighted by Gasteiger charge is -2.54. The van der Waals surface area contributed by atoms with Crippen LogP contribution in [0.15, 0.2) is 11.6 Å². The molecule has 3 heterocycles. The topological polar surface area (TPSA) is 32.8 Å². The molecule has 3 fully saturated rings. The number of rotatable bonds is 2. The van der Waals surface area contributed by atoms with Gasteiger partial charge in [-0.1, -0.05) is 18.1 Å². The Hall–Kier alpha value is -0.870. The first-order valence-electron chi connectivity index (χ1n) is 9.02. The van der Waals surface area contributed by atoms with Crippen molar-refractivity contribution < 1.29 is 9.53 Å². The molecule has 122 valence electrons. The van der Waals surface area contributed by atoms with E-state index >= 15 is 0 Å². The second kappa shape index (κ2) is 5.97. The summed E-state index contributed by atoms with van der Waals surface area (Å²) in [7, 11) is 1.50. The highest BCUT2D eigenvalue weighted by Crippen LogP contribution is 2.44. The molecular weight excluding hydrogens is 276 g/mol. The van der Waals surface area contributed by atoms with Gasteiger partial charge in [-0.05, 0) is 57.0 Å². The Kier molecular flexibility index (Phi) is 3.99. The number of piperidine rings is 3. The van der Waals surface area contributed by atoms with Crippen LogP contribution in [0.3, 0.4) is 0 Å². The molecule has 0 aromatic rings. The molecule has 0 spiro atoms. The molecule has 0 aromatic carbocycles. The van der Waals surface area contributed by atoms with Gasteiger partial charge in [-0.25, -0.2) is 0 Å². The van der Waals surface area contributed by atoms with E-state index in [-0.39, 0.29) is 5.97 Å². The third-order valence-electron chi connectivity index (χ3n) is 6.32. The molecule has 4 atom stereocenters. The Labute approximate surface area is 133 Å². The van der Waals surface area contributed by atoms with Crippen molar-refractivity contribution in [2.24, 2.45) is 11.8 Å². The number of carbonyl (C=O) groups excluding carboxylic acids is 1. The number of likely N-dealkylation sites (tertiary alicyclic amines) is 1. The molecule has 4 aliphatic rings. The zero-order chi connectivity index (χ0) is 15.1. The van der Waals surface area contributed by atoms with Crippen LogP contribution in [-0.2, 0) is 9.53 Å². The first-order chi connectivity index (χ1) is 10.8. The van der Waals surface area contributed by atoms with Crippen molar-refractivity contribution in [3.63, 3.8) is 0 Å². The number of esters is 1. The number of hydrogen-bond donors (Lipinski definition) is 0. The molecule has 0 saturated carbocycles. The Morgan fingerprint density at radius 1 is 1.32 bits per heavy atom. The molecule has 0 radical (unpaired) electrons. The van der Waals surface area contributed by atoms with Gasteiger partial charge >= 0.3 is 5.97 Å². The molecule has 3 aliphatic heterocycles. The predicted octanol–water partition coefficient (Wildman–Crippen LogP) is 2.05. The van der Waals surface area contributed by atoms with E-state index < -0.39 is 0 Å². The Balaban J connectivity index is 1.58. The molecule has 3 saturated heterocycles. The first-order valence-corrected chi connectivity index (χ1v) is 9.02. The summed E-state index contributed by atoms with van der Waals surface area (Å²) < 4.78 is 4.91. The summed E-state index contributed by atoms with van der Waals surface area (Å²) in [4.78, 5) is 16.9. The van der Waals surface area contributed by atoms with Crippen LogP contribution in [0.2, 0.25) is 0 Å². The van der Waals surface area contributed by atoms with Crippen LogP contribution in [-0.4, -0.2) is 61.1 Å². The van der Waals surface area contributed by atoms with E-state index in [4.69, 9.17) is 4.74 Å². The summed E-state index contributed by atoms with van der Waals surface area (Å²) in [6.07, 6.45) is 10.5.